The highest BCUT2D eigenvalue weighted by atomic mass is 32.2. The molecule has 3 unspecified atom stereocenters. The molecule has 3 atom stereocenters. The summed E-state index contributed by atoms with van der Waals surface area (Å²) in [4.78, 5) is 4.41. The first-order chi connectivity index (χ1) is 12.4. The van der Waals surface area contributed by atoms with E-state index in [1.54, 1.807) is 30.5 Å². The second-order valence-electron chi connectivity index (χ2n) is 6.47. The van der Waals surface area contributed by atoms with E-state index < -0.39 is 22.2 Å². The molecule has 2 aromatic rings. The number of aromatic nitrogens is 2. The molecule has 0 bridgehead atoms. The SMILES string of the molecule is Cc1ccc(S(=O)(=O)NCC2OCC(NCc3nccn3C)C2O)cc1. The highest BCUT2D eigenvalue weighted by Gasteiger charge is 2.36. The number of benzene rings is 1. The molecular weight excluding hydrogens is 356 g/mol. The smallest absolute Gasteiger partial charge is 0.240 e. The van der Waals surface area contributed by atoms with Crippen LogP contribution in [0.2, 0.25) is 0 Å². The maximum Gasteiger partial charge on any atom is 0.240 e. The minimum absolute atomic E-state index is 0.0119. The zero-order chi connectivity index (χ0) is 18.7. The van der Waals surface area contributed by atoms with Crippen LogP contribution in [0.3, 0.4) is 0 Å². The van der Waals surface area contributed by atoms with Gasteiger partial charge in [0.2, 0.25) is 10.0 Å². The summed E-state index contributed by atoms with van der Waals surface area (Å²) in [6, 6.07) is 6.32. The number of sulfonamides is 1. The average Bonchev–Trinajstić information content (AvgIpc) is 3.17. The molecule has 1 aliphatic rings. The maximum absolute atomic E-state index is 12.3. The Kier molecular flexibility index (Phi) is 5.73. The molecule has 1 aromatic carbocycles. The Morgan fingerprint density at radius 1 is 1.35 bits per heavy atom. The summed E-state index contributed by atoms with van der Waals surface area (Å²) in [7, 11) is -1.74. The van der Waals surface area contributed by atoms with Crippen molar-refractivity contribution in [2.75, 3.05) is 13.2 Å². The Balaban J connectivity index is 1.53. The van der Waals surface area contributed by atoms with Crippen LogP contribution in [0.4, 0.5) is 0 Å². The number of ether oxygens (including phenoxy) is 1. The van der Waals surface area contributed by atoms with E-state index in [-0.39, 0.29) is 17.5 Å². The van der Waals surface area contributed by atoms with E-state index in [0.29, 0.717) is 13.2 Å². The average molecular weight is 380 g/mol. The third-order valence-corrected chi connectivity index (χ3v) is 5.97. The number of aliphatic hydroxyl groups excluding tert-OH is 1. The van der Waals surface area contributed by atoms with E-state index in [9.17, 15) is 13.5 Å². The van der Waals surface area contributed by atoms with Crippen molar-refractivity contribution in [3.05, 3.63) is 48.0 Å². The van der Waals surface area contributed by atoms with Gasteiger partial charge in [-0.2, -0.15) is 0 Å². The van der Waals surface area contributed by atoms with Crippen LogP contribution < -0.4 is 10.0 Å². The first-order valence-corrected chi connectivity index (χ1v) is 9.91. The first-order valence-electron chi connectivity index (χ1n) is 8.42. The largest absolute Gasteiger partial charge is 0.389 e. The van der Waals surface area contributed by atoms with Crippen LogP contribution in [0, 0.1) is 6.92 Å². The molecule has 26 heavy (non-hydrogen) atoms. The third kappa shape index (κ3) is 4.30. The van der Waals surface area contributed by atoms with Crippen molar-refractivity contribution in [1.82, 2.24) is 19.6 Å². The summed E-state index contributed by atoms with van der Waals surface area (Å²) in [5.41, 5.74) is 0.986. The minimum Gasteiger partial charge on any atom is -0.389 e. The van der Waals surface area contributed by atoms with Crippen molar-refractivity contribution in [3.63, 3.8) is 0 Å². The van der Waals surface area contributed by atoms with Crippen molar-refractivity contribution >= 4 is 10.0 Å². The molecule has 8 nitrogen and oxygen atoms in total. The quantitative estimate of drug-likeness (QED) is 0.621. The van der Waals surface area contributed by atoms with Gasteiger partial charge in [0.05, 0.1) is 36.3 Å². The van der Waals surface area contributed by atoms with Gasteiger partial charge < -0.3 is 19.7 Å². The Morgan fingerprint density at radius 3 is 2.73 bits per heavy atom. The normalized spacial score (nSPS) is 23.4. The lowest BCUT2D eigenvalue weighted by Crippen LogP contribution is -2.44. The summed E-state index contributed by atoms with van der Waals surface area (Å²) in [5.74, 6) is 0.848. The van der Waals surface area contributed by atoms with E-state index in [2.05, 4.69) is 15.0 Å². The van der Waals surface area contributed by atoms with Crippen LogP contribution >= 0.6 is 0 Å². The molecule has 3 N–H and O–H groups in total. The summed E-state index contributed by atoms with van der Waals surface area (Å²) < 4.78 is 34.6. The number of imidazole rings is 1. The van der Waals surface area contributed by atoms with Crippen LogP contribution in [0.25, 0.3) is 0 Å². The van der Waals surface area contributed by atoms with Crippen LogP contribution in [0.15, 0.2) is 41.6 Å². The summed E-state index contributed by atoms with van der Waals surface area (Å²) in [6.45, 7) is 2.71. The molecule has 9 heteroatoms. The molecule has 1 aliphatic heterocycles. The molecule has 142 valence electrons. The van der Waals surface area contributed by atoms with Gasteiger partial charge in [-0.3, -0.25) is 0 Å². The summed E-state index contributed by atoms with van der Waals surface area (Å²) in [6.07, 6.45) is 2.15. The van der Waals surface area contributed by atoms with Gasteiger partial charge in [0.1, 0.15) is 5.82 Å². The van der Waals surface area contributed by atoms with Gasteiger partial charge in [0.25, 0.3) is 0 Å². The monoisotopic (exact) mass is 380 g/mol. The lowest BCUT2D eigenvalue weighted by atomic mass is 10.1. The number of nitrogens with one attached hydrogen (secondary N) is 2. The number of nitrogens with zero attached hydrogens (tertiary/aromatic N) is 2. The molecule has 0 amide bonds. The predicted molar refractivity (Wildman–Crippen MR) is 96.0 cm³/mol. The number of hydrogen-bond acceptors (Lipinski definition) is 6. The van der Waals surface area contributed by atoms with Crippen molar-refractivity contribution in [2.24, 2.45) is 7.05 Å². The zero-order valence-electron chi connectivity index (χ0n) is 14.8. The van der Waals surface area contributed by atoms with Gasteiger partial charge >= 0.3 is 0 Å². The molecule has 0 aliphatic carbocycles. The Hall–Kier alpha value is -1.78. The first kappa shape index (κ1) is 19.0. The van der Waals surface area contributed by atoms with Crippen molar-refractivity contribution < 1.29 is 18.3 Å². The fourth-order valence-electron chi connectivity index (χ4n) is 2.82. The number of aliphatic hydroxyl groups is 1. The second-order valence-corrected chi connectivity index (χ2v) is 8.24. The van der Waals surface area contributed by atoms with Crippen LogP contribution in [0.1, 0.15) is 11.4 Å². The summed E-state index contributed by atoms with van der Waals surface area (Å²) in [5, 5.41) is 13.6. The minimum atomic E-state index is -3.63. The molecule has 3 rings (SSSR count). The number of rotatable bonds is 7. The molecule has 2 heterocycles. The van der Waals surface area contributed by atoms with Gasteiger partial charge in [-0.05, 0) is 19.1 Å². The van der Waals surface area contributed by atoms with E-state index >= 15 is 0 Å². The fraction of sp³-hybridized carbons (Fsp3) is 0.471. The van der Waals surface area contributed by atoms with Gasteiger partial charge in [0.15, 0.2) is 0 Å². The number of aryl methyl sites for hydroxylation is 2. The van der Waals surface area contributed by atoms with Crippen LogP contribution in [-0.2, 0) is 28.4 Å². The summed E-state index contributed by atoms with van der Waals surface area (Å²) >= 11 is 0. The van der Waals surface area contributed by atoms with Crippen molar-refractivity contribution in [3.8, 4) is 0 Å². The maximum atomic E-state index is 12.3. The van der Waals surface area contributed by atoms with Crippen LogP contribution in [0.5, 0.6) is 0 Å². The van der Waals surface area contributed by atoms with Crippen molar-refractivity contribution in [2.45, 2.75) is 36.6 Å². The van der Waals surface area contributed by atoms with E-state index in [0.717, 1.165) is 11.4 Å². The third-order valence-electron chi connectivity index (χ3n) is 4.53. The van der Waals surface area contributed by atoms with Crippen molar-refractivity contribution in [1.29, 1.82) is 0 Å². The Bertz CT molecular complexity index is 835. The molecular formula is C17H24N4O4S. The topological polar surface area (TPSA) is 105 Å². The highest BCUT2D eigenvalue weighted by molar-refractivity contribution is 7.89. The predicted octanol–water partition coefficient (Wildman–Crippen LogP) is -0.0751. The molecule has 0 spiro atoms. The lowest BCUT2D eigenvalue weighted by molar-refractivity contribution is 0.0443. The lowest BCUT2D eigenvalue weighted by Gasteiger charge is -2.19. The Labute approximate surface area is 153 Å². The molecule has 0 radical (unpaired) electrons. The van der Waals surface area contributed by atoms with Gasteiger partial charge in [0, 0.05) is 26.0 Å². The molecule has 1 aromatic heterocycles. The second kappa shape index (κ2) is 7.85. The van der Waals surface area contributed by atoms with E-state index in [1.165, 1.54) is 0 Å². The Morgan fingerprint density at radius 2 is 2.08 bits per heavy atom. The van der Waals surface area contributed by atoms with Crippen LogP contribution in [-0.4, -0.2) is 54.5 Å². The van der Waals surface area contributed by atoms with Gasteiger partial charge in [-0.25, -0.2) is 18.1 Å². The molecule has 0 saturated carbocycles. The molecule has 1 saturated heterocycles. The fourth-order valence-corrected chi connectivity index (χ4v) is 3.87. The van der Waals surface area contributed by atoms with Gasteiger partial charge in [-0.15, -0.1) is 0 Å². The standard InChI is InChI=1S/C17H24N4O4S/c1-12-3-5-13(6-4-12)26(23,24)20-9-15-17(22)14(11-25-15)19-10-16-18-7-8-21(16)2/h3-8,14-15,17,19-20,22H,9-11H2,1-2H3. The highest BCUT2D eigenvalue weighted by Crippen LogP contribution is 2.16. The van der Waals surface area contributed by atoms with E-state index in [4.69, 9.17) is 4.74 Å². The number of hydrogen-bond donors (Lipinski definition) is 3. The zero-order valence-corrected chi connectivity index (χ0v) is 15.6. The molecule has 1 fully saturated rings. The van der Waals surface area contributed by atoms with E-state index in [1.807, 2.05) is 24.7 Å². The van der Waals surface area contributed by atoms with Gasteiger partial charge in [-0.1, -0.05) is 17.7 Å².